The summed E-state index contributed by atoms with van der Waals surface area (Å²) in [6, 6.07) is 0. The van der Waals surface area contributed by atoms with E-state index in [0.29, 0.717) is 0 Å². The maximum Gasteiger partial charge on any atom is 0.0738 e. The maximum atomic E-state index is 4.51. The second-order valence-electron chi connectivity index (χ2n) is 5.44. The molecule has 0 amide bonds. The minimum Gasteiger partial charge on any atom is -0.312 e. The summed E-state index contributed by atoms with van der Waals surface area (Å²) in [4.78, 5) is 0. The molecule has 1 aromatic heterocycles. The van der Waals surface area contributed by atoms with Gasteiger partial charge >= 0.3 is 0 Å². The van der Waals surface area contributed by atoms with E-state index in [1.54, 1.807) is 0 Å². The Bertz CT molecular complexity index is 363. The van der Waals surface area contributed by atoms with Crippen molar-refractivity contribution in [2.45, 2.75) is 59.5 Å². The number of aromatic nitrogens is 2. The molecular weight excluding hydrogens is 278 g/mol. The standard InChI is InChI=1S/C13H24BrN3/c1-6-17-11(12(14)10(2)16-17)8-7-9-15-13(3,4)5/h15H,6-9H2,1-5H3. The van der Waals surface area contributed by atoms with Gasteiger partial charge in [-0.25, -0.2) is 0 Å². The first kappa shape index (κ1) is 14.7. The van der Waals surface area contributed by atoms with E-state index in [9.17, 15) is 0 Å². The zero-order valence-corrected chi connectivity index (χ0v) is 13.2. The Balaban J connectivity index is 2.52. The summed E-state index contributed by atoms with van der Waals surface area (Å²) in [5.41, 5.74) is 2.62. The first-order chi connectivity index (χ1) is 7.85. The van der Waals surface area contributed by atoms with E-state index < -0.39 is 0 Å². The minimum atomic E-state index is 0.206. The molecule has 1 rings (SSSR count). The van der Waals surface area contributed by atoms with E-state index in [1.165, 1.54) is 10.2 Å². The van der Waals surface area contributed by atoms with Crippen molar-refractivity contribution in [3.05, 3.63) is 15.9 Å². The topological polar surface area (TPSA) is 29.9 Å². The van der Waals surface area contributed by atoms with E-state index >= 15 is 0 Å². The quantitative estimate of drug-likeness (QED) is 0.846. The molecule has 17 heavy (non-hydrogen) atoms. The number of halogens is 1. The number of hydrogen-bond donors (Lipinski definition) is 1. The molecule has 98 valence electrons. The van der Waals surface area contributed by atoms with Crippen molar-refractivity contribution in [3.63, 3.8) is 0 Å². The van der Waals surface area contributed by atoms with Crippen molar-refractivity contribution in [1.82, 2.24) is 15.1 Å². The second-order valence-corrected chi connectivity index (χ2v) is 6.24. The molecule has 1 aromatic rings. The molecule has 0 saturated heterocycles. The van der Waals surface area contributed by atoms with Gasteiger partial charge in [-0.15, -0.1) is 0 Å². The van der Waals surface area contributed by atoms with Crippen LogP contribution in [0.15, 0.2) is 4.47 Å². The highest BCUT2D eigenvalue weighted by atomic mass is 79.9. The average molecular weight is 302 g/mol. The number of aryl methyl sites for hydroxylation is 2. The lowest BCUT2D eigenvalue weighted by Gasteiger charge is -2.20. The highest BCUT2D eigenvalue weighted by Gasteiger charge is 2.12. The van der Waals surface area contributed by atoms with Crippen LogP contribution in [0.2, 0.25) is 0 Å². The van der Waals surface area contributed by atoms with E-state index in [-0.39, 0.29) is 5.54 Å². The highest BCUT2D eigenvalue weighted by Crippen LogP contribution is 2.22. The lowest BCUT2D eigenvalue weighted by Crippen LogP contribution is -2.36. The van der Waals surface area contributed by atoms with Crippen molar-refractivity contribution < 1.29 is 0 Å². The van der Waals surface area contributed by atoms with Gasteiger partial charge in [-0.1, -0.05) is 0 Å². The van der Waals surface area contributed by atoms with Gasteiger partial charge in [-0.2, -0.15) is 5.10 Å². The number of nitrogens with zero attached hydrogens (tertiary/aromatic N) is 2. The molecule has 3 nitrogen and oxygen atoms in total. The number of hydrogen-bond acceptors (Lipinski definition) is 2. The van der Waals surface area contributed by atoms with E-state index in [4.69, 9.17) is 0 Å². The smallest absolute Gasteiger partial charge is 0.0738 e. The van der Waals surface area contributed by atoms with Gasteiger partial charge < -0.3 is 5.32 Å². The summed E-state index contributed by atoms with van der Waals surface area (Å²) in [6.07, 6.45) is 2.21. The monoisotopic (exact) mass is 301 g/mol. The van der Waals surface area contributed by atoms with Gasteiger partial charge in [0.25, 0.3) is 0 Å². The Labute approximate surface area is 113 Å². The van der Waals surface area contributed by atoms with Crippen molar-refractivity contribution in [3.8, 4) is 0 Å². The van der Waals surface area contributed by atoms with E-state index in [2.05, 4.69) is 58.7 Å². The average Bonchev–Trinajstić information content (AvgIpc) is 2.49. The molecule has 1 heterocycles. The van der Waals surface area contributed by atoms with E-state index in [1.807, 2.05) is 6.92 Å². The molecule has 0 aliphatic heterocycles. The number of rotatable bonds is 5. The van der Waals surface area contributed by atoms with Crippen LogP contribution in [-0.4, -0.2) is 21.9 Å². The molecule has 0 aliphatic carbocycles. The van der Waals surface area contributed by atoms with Gasteiger partial charge in [0.2, 0.25) is 0 Å². The zero-order valence-electron chi connectivity index (χ0n) is 11.6. The van der Waals surface area contributed by atoms with Gasteiger partial charge in [0.05, 0.1) is 15.9 Å². The van der Waals surface area contributed by atoms with Gasteiger partial charge in [-0.3, -0.25) is 4.68 Å². The van der Waals surface area contributed by atoms with Crippen LogP contribution in [0.1, 0.15) is 45.5 Å². The Morgan fingerprint density at radius 1 is 1.35 bits per heavy atom. The van der Waals surface area contributed by atoms with Gasteiger partial charge in [0.1, 0.15) is 0 Å². The van der Waals surface area contributed by atoms with Crippen LogP contribution >= 0.6 is 15.9 Å². The summed E-state index contributed by atoms with van der Waals surface area (Å²) >= 11 is 3.63. The zero-order chi connectivity index (χ0) is 13.1. The molecule has 0 unspecified atom stereocenters. The van der Waals surface area contributed by atoms with Gasteiger partial charge in [0, 0.05) is 12.1 Å². The van der Waals surface area contributed by atoms with Crippen molar-refractivity contribution in [2.24, 2.45) is 0 Å². The molecule has 1 N–H and O–H groups in total. The summed E-state index contributed by atoms with van der Waals surface area (Å²) in [7, 11) is 0. The second kappa shape index (κ2) is 6.01. The predicted molar refractivity (Wildman–Crippen MR) is 76.4 cm³/mol. The largest absolute Gasteiger partial charge is 0.312 e. The third kappa shape index (κ3) is 4.43. The third-order valence-electron chi connectivity index (χ3n) is 2.70. The Kier molecular flexibility index (Phi) is 5.20. The molecule has 4 heteroatoms. The molecule has 0 radical (unpaired) electrons. The third-order valence-corrected chi connectivity index (χ3v) is 3.73. The Hall–Kier alpha value is -0.350. The first-order valence-corrected chi connectivity index (χ1v) is 7.11. The molecule has 0 bridgehead atoms. The van der Waals surface area contributed by atoms with Crippen LogP contribution in [0.4, 0.5) is 0 Å². The normalized spacial score (nSPS) is 12.1. The molecular formula is C13H24BrN3. The SMILES string of the molecule is CCn1nc(C)c(Br)c1CCCNC(C)(C)C. The lowest BCUT2D eigenvalue weighted by molar-refractivity contribution is 0.420. The summed E-state index contributed by atoms with van der Waals surface area (Å²) in [5.74, 6) is 0. The molecule has 0 aromatic carbocycles. The fraction of sp³-hybridized carbons (Fsp3) is 0.769. The van der Waals surface area contributed by atoms with Crippen LogP contribution in [-0.2, 0) is 13.0 Å². The summed E-state index contributed by atoms with van der Waals surface area (Å²) < 4.78 is 3.27. The molecule has 0 spiro atoms. The molecule has 0 aliphatic rings. The Morgan fingerprint density at radius 2 is 2.00 bits per heavy atom. The molecule has 0 atom stereocenters. The summed E-state index contributed by atoms with van der Waals surface area (Å²) in [5, 5.41) is 8.02. The van der Waals surface area contributed by atoms with Crippen LogP contribution in [0, 0.1) is 6.92 Å². The van der Waals surface area contributed by atoms with Crippen LogP contribution in [0.5, 0.6) is 0 Å². The number of nitrogens with one attached hydrogen (secondary N) is 1. The van der Waals surface area contributed by atoms with Crippen molar-refractivity contribution in [2.75, 3.05) is 6.54 Å². The maximum absolute atomic E-state index is 4.51. The molecule has 0 saturated carbocycles. The van der Waals surface area contributed by atoms with Crippen molar-refractivity contribution >= 4 is 15.9 Å². The summed E-state index contributed by atoms with van der Waals surface area (Å²) in [6.45, 7) is 12.8. The van der Waals surface area contributed by atoms with Crippen LogP contribution in [0.3, 0.4) is 0 Å². The van der Waals surface area contributed by atoms with Crippen LogP contribution in [0.25, 0.3) is 0 Å². The molecule has 0 fully saturated rings. The van der Waals surface area contributed by atoms with Gasteiger partial charge in [-0.05, 0) is 69.9 Å². The fourth-order valence-corrected chi connectivity index (χ4v) is 2.31. The first-order valence-electron chi connectivity index (χ1n) is 6.32. The van der Waals surface area contributed by atoms with Gasteiger partial charge in [0.15, 0.2) is 0 Å². The Morgan fingerprint density at radius 3 is 2.53 bits per heavy atom. The minimum absolute atomic E-state index is 0.206. The van der Waals surface area contributed by atoms with Crippen molar-refractivity contribution in [1.29, 1.82) is 0 Å². The highest BCUT2D eigenvalue weighted by molar-refractivity contribution is 9.10. The fourth-order valence-electron chi connectivity index (χ4n) is 1.83. The lowest BCUT2D eigenvalue weighted by atomic mass is 10.1. The predicted octanol–water partition coefficient (Wildman–Crippen LogP) is 3.29. The van der Waals surface area contributed by atoms with E-state index in [0.717, 1.165) is 31.6 Å². The van der Waals surface area contributed by atoms with Crippen LogP contribution < -0.4 is 5.32 Å².